The Balaban J connectivity index is 1.46. The molecule has 0 aliphatic rings. The lowest BCUT2D eigenvalue weighted by Crippen LogP contribution is -2.20. The van der Waals surface area contributed by atoms with Crippen LogP contribution < -0.4 is 5.32 Å². The molecule has 1 atom stereocenters. The second-order valence-corrected chi connectivity index (χ2v) is 6.50. The van der Waals surface area contributed by atoms with E-state index in [9.17, 15) is 0 Å². The number of hydrogen-bond acceptors (Lipinski definition) is 6. The van der Waals surface area contributed by atoms with Crippen molar-refractivity contribution in [1.82, 2.24) is 25.4 Å². The Labute approximate surface area is 157 Å². The number of hydrogen-bond donors (Lipinski definition) is 1. The Morgan fingerprint density at radius 1 is 1.04 bits per heavy atom. The molecular formula is C21H21N5O. The summed E-state index contributed by atoms with van der Waals surface area (Å²) in [5.74, 6) is 1.99. The first kappa shape index (κ1) is 17.3. The van der Waals surface area contributed by atoms with Crippen molar-refractivity contribution in [3.63, 3.8) is 0 Å². The zero-order valence-corrected chi connectivity index (χ0v) is 15.4. The summed E-state index contributed by atoms with van der Waals surface area (Å²) >= 11 is 0. The van der Waals surface area contributed by atoms with Gasteiger partial charge in [-0.05, 0) is 30.2 Å². The molecule has 0 aliphatic heterocycles. The van der Waals surface area contributed by atoms with Crippen molar-refractivity contribution in [2.45, 2.75) is 32.9 Å². The average molecular weight is 359 g/mol. The largest absolute Gasteiger partial charge is 0.338 e. The molecule has 0 fully saturated rings. The van der Waals surface area contributed by atoms with E-state index in [2.05, 4.69) is 62.7 Å². The van der Waals surface area contributed by atoms with Crippen LogP contribution in [0.15, 0.2) is 59.4 Å². The van der Waals surface area contributed by atoms with Crippen molar-refractivity contribution in [3.8, 4) is 11.4 Å². The first-order chi connectivity index (χ1) is 13.2. The fraction of sp³-hybridized carbons (Fsp3) is 0.238. The van der Waals surface area contributed by atoms with Gasteiger partial charge in [0.25, 0.3) is 0 Å². The third kappa shape index (κ3) is 3.85. The Morgan fingerprint density at radius 3 is 2.52 bits per heavy atom. The van der Waals surface area contributed by atoms with Crippen LogP contribution in [0.2, 0.25) is 0 Å². The minimum atomic E-state index is 0.0198. The van der Waals surface area contributed by atoms with Crippen molar-refractivity contribution in [1.29, 1.82) is 0 Å². The van der Waals surface area contributed by atoms with Crippen LogP contribution in [0.3, 0.4) is 0 Å². The summed E-state index contributed by atoms with van der Waals surface area (Å²) in [6, 6.07) is 14.6. The van der Waals surface area contributed by atoms with Crippen LogP contribution in [0, 0.1) is 6.92 Å². The van der Waals surface area contributed by atoms with E-state index in [0.29, 0.717) is 18.3 Å². The molecule has 0 amide bonds. The quantitative estimate of drug-likeness (QED) is 0.555. The lowest BCUT2D eigenvalue weighted by atomic mass is 10.1. The standard InChI is InChI=1S/C21H21N5O/c1-3-19(21-25-14(2)26-27-21)22-11-15-12-23-20(24-13-15)18-9-8-16-6-4-5-7-17(16)10-18/h4-10,12-13,19,22H,3,11H2,1-2H3/t19-/m0/s1. The number of aromatic nitrogens is 4. The van der Waals surface area contributed by atoms with Crippen molar-refractivity contribution in [2.24, 2.45) is 0 Å². The van der Waals surface area contributed by atoms with Crippen molar-refractivity contribution in [3.05, 3.63) is 72.1 Å². The van der Waals surface area contributed by atoms with Gasteiger partial charge in [-0.15, -0.1) is 0 Å². The van der Waals surface area contributed by atoms with Crippen LogP contribution in [0.4, 0.5) is 0 Å². The molecule has 4 rings (SSSR count). The maximum absolute atomic E-state index is 5.26. The molecule has 0 radical (unpaired) electrons. The predicted molar refractivity (Wildman–Crippen MR) is 104 cm³/mol. The molecular weight excluding hydrogens is 338 g/mol. The molecule has 6 heteroatoms. The number of aryl methyl sites for hydroxylation is 1. The highest BCUT2D eigenvalue weighted by atomic mass is 16.5. The molecule has 0 bridgehead atoms. The Bertz CT molecular complexity index is 1040. The summed E-state index contributed by atoms with van der Waals surface area (Å²) in [7, 11) is 0. The number of nitrogens with zero attached hydrogens (tertiary/aromatic N) is 4. The molecule has 136 valence electrons. The Kier molecular flexibility index (Phi) is 4.89. The fourth-order valence-electron chi connectivity index (χ4n) is 3.03. The van der Waals surface area contributed by atoms with Gasteiger partial charge in [0.05, 0.1) is 6.04 Å². The average Bonchev–Trinajstić information content (AvgIpc) is 3.15. The minimum Gasteiger partial charge on any atom is -0.338 e. The molecule has 1 N–H and O–H groups in total. The SMILES string of the molecule is CC[C@H](NCc1cnc(-c2ccc3ccccc3c2)nc1)c1nc(C)no1. The highest BCUT2D eigenvalue weighted by molar-refractivity contribution is 5.86. The molecule has 6 nitrogen and oxygen atoms in total. The monoisotopic (exact) mass is 359 g/mol. The first-order valence-electron chi connectivity index (χ1n) is 9.06. The van der Waals surface area contributed by atoms with E-state index in [4.69, 9.17) is 4.52 Å². The number of rotatable bonds is 6. The van der Waals surface area contributed by atoms with E-state index in [0.717, 1.165) is 23.4 Å². The molecule has 0 spiro atoms. The molecule has 0 saturated carbocycles. The third-order valence-electron chi connectivity index (χ3n) is 4.52. The second-order valence-electron chi connectivity index (χ2n) is 6.50. The van der Waals surface area contributed by atoms with Crippen LogP contribution >= 0.6 is 0 Å². The highest BCUT2D eigenvalue weighted by Gasteiger charge is 2.15. The van der Waals surface area contributed by atoms with Gasteiger partial charge in [-0.2, -0.15) is 4.98 Å². The van der Waals surface area contributed by atoms with Crippen molar-refractivity contribution >= 4 is 10.8 Å². The van der Waals surface area contributed by atoms with E-state index in [1.807, 2.05) is 31.5 Å². The van der Waals surface area contributed by atoms with Gasteiger partial charge in [0.15, 0.2) is 11.6 Å². The first-order valence-corrected chi connectivity index (χ1v) is 9.06. The van der Waals surface area contributed by atoms with Crippen LogP contribution in [0.25, 0.3) is 22.2 Å². The Morgan fingerprint density at radius 2 is 1.81 bits per heavy atom. The summed E-state index contributed by atoms with van der Waals surface area (Å²) in [5.41, 5.74) is 2.02. The Hall–Kier alpha value is -3.12. The van der Waals surface area contributed by atoms with E-state index in [-0.39, 0.29) is 6.04 Å². The topological polar surface area (TPSA) is 76.7 Å². The second kappa shape index (κ2) is 7.63. The molecule has 4 aromatic rings. The molecule has 0 unspecified atom stereocenters. The summed E-state index contributed by atoms with van der Waals surface area (Å²) in [5, 5.41) is 9.68. The van der Waals surface area contributed by atoms with Crippen molar-refractivity contribution in [2.75, 3.05) is 0 Å². The third-order valence-corrected chi connectivity index (χ3v) is 4.52. The van der Waals surface area contributed by atoms with Crippen LogP contribution in [0.1, 0.15) is 36.7 Å². The lowest BCUT2D eigenvalue weighted by Gasteiger charge is -2.12. The summed E-state index contributed by atoms with van der Waals surface area (Å²) < 4.78 is 5.26. The molecule has 27 heavy (non-hydrogen) atoms. The van der Waals surface area contributed by atoms with Gasteiger partial charge >= 0.3 is 0 Å². The maximum Gasteiger partial charge on any atom is 0.243 e. The lowest BCUT2D eigenvalue weighted by molar-refractivity contribution is 0.323. The van der Waals surface area contributed by atoms with Gasteiger partial charge in [-0.3, -0.25) is 0 Å². The smallest absolute Gasteiger partial charge is 0.243 e. The fourth-order valence-corrected chi connectivity index (χ4v) is 3.03. The zero-order chi connectivity index (χ0) is 18.6. The highest BCUT2D eigenvalue weighted by Crippen LogP contribution is 2.22. The van der Waals surface area contributed by atoms with Gasteiger partial charge in [0.2, 0.25) is 5.89 Å². The van der Waals surface area contributed by atoms with E-state index in [1.165, 1.54) is 10.8 Å². The number of benzene rings is 2. The minimum absolute atomic E-state index is 0.0198. The zero-order valence-electron chi connectivity index (χ0n) is 15.4. The van der Waals surface area contributed by atoms with Crippen LogP contribution in [0.5, 0.6) is 0 Å². The number of fused-ring (bicyclic) bond motifs is 1. The molecule has 0 saturated heterocycles. The summed E-state index contributed by atoms with van der Waals surface area (Å²) in [4.78, 5) is 13.4. The molecule has 0 aliphatic carbocycles. The molecule has 2 aromatic carbocycles. The summed E-state index contributed by atoms with van der Waals surface area (Å²) in [6.45, 7) is 4.54. The van der Waals surface area contributed by atoms with E-state index in [1.54, 1.807) is 0 Å². The van der Waals surface area contributed by atoms with Crippen LogP contribution in [-0.2, 0) is 6.54 Å². The van der Waals surface area contributed by atoms with Crippen molar-refractivity contribution < 1.29 is 4.52 Å². The molecule has 2 heterocycles. The normalized spacial score (nSPS) is 12.4. The van der Waals surface area contributed by atoms with Gasteiger partial charge < -0.3 is 9.84 Å². The summed E-state index contributed by atoms with van der Waals surface area (Å²) in [6.07, 6.45) is 4.57. The predicted octanol–water partition coefficient (Wildman–Crippen LogP) is 4.23. The maximum atomic E-state index is 5.26. The van der Waals surface area contributed by atoms with E-state index >= 15 is 0 Å². The van der Waals surface area contributed by atoms with Gasteiger partial charge in [0.1, 0.15) is 0 Å². The number of nitrogens with one attached hydrogen (secondary N) is 1. The van der Waals surface area contributed by atoms with Crippen LogP contribution in [-0.4, -0.2) is 20.1 Å². The van der Waals surface area contributed by atoms with E-state index < -0.39 is 0 Å². The van der Waals surface area contributed by atoms with Gasteiger partial charge in [-0.25, -0.2) is 9.97 Å². The van der Waals surface area contributed by atoms with Gasteiger partial charge in [-0.1, -0.05) is 48.5 Å². The molecule has 2 aromatic heterocycles. The van der Waals surface area contributed by atoms with Gasteiger partial charge in [0, 0.05) is 30.1 Å².